The van der Waals surface area contributed by atoms with Crippen LogP contribution in [0.4, 0.5) is 5.69 Å². The SMILES string of the molecule is Nc1c(Cl)cc(-c2nnc(C3CCN(C4CC4)CC3)o2)c2c1OCCO2. The highest BCUT2D eigenvalue weighted by molar-refractivity contribution is 6.34. The zero-order valence-electron chi connectivity index (χ0n) is 14.4. The monoisotopic (exact) mass is 376 g/mol. The van der Waals surface area contributed by atoms with Gasteiger partial charge in [-0.05, 0) is 44.8 Å². The van der Waals surface area contributed by atoms with Gasteiger partial charge in [-0.25, -0.2) is 0 Å². The van der Waals surface area contributed by atoms with Gasteiger partial charge in [0.05, 0.1) is 16.3 Å². The molecule has 1 aromatic heterocycles. The molecular formula is C18H21ClN4O3. The molecule has 26 heavy (non-hydrogen) atoms. The van der Waals surface area contributed by atoms with Gasteiger partial charge in [-0.2, -0.15) is 0 Å². The number of nitrogens with two attached hydrogens (primary N) is 1. The molecule has 1 saturated heterocycles. The second kappa shape index (κ2) is 6.32. The number of fused-ring (bicyclic) bond motifs is 1. The zero-order valence-corrected chi connectivity index (χ0v) is 15.2. The molecule has 0 amide bonds. The first-order chi connectivity index (χ1) is 12.7. The van der Waals surface area contributed by atoms with Gasteiger partial charge in [0.1, 0.15) is 13.2 Å². The lowest BCUT2D eigenvalue weighted by Gasteiger charge is -2.30. The molecular weight excluding hydrogens is 356 g/mol. The molecule has 2 fully saturated rings. The first kappa shape index (κ1) is 16.2. The molecule has 2 N–H and O–H groups in total. The van der Waals surface area contributed by atoms with Gasteiger partial charge in [0.2, 0.25) is 5.89 Å². The highest BCUT2D eigenvalue weighted by atomic mass is 35.5. The lowest BCUT2D eigenvalue weighted by atomic mass is 9.97. The Balaban J connectivity index is 1.41. The normalized spacial score (nSPS) is 21.1. The molecule has 7 nitrogen and oxygen atoms in total. The molecule has 3 heterocycles. The van der Waals surface area contributed by atoms with E-state index in [1.807, 2.05) is 0 Å². The Kier molecular flexibility index (Phi) is 3.94. The van der Waals surface area contributed by atoms with Gasteiger partial charge in [0.15, 0.2) is 11.5 Å². The van der Waals surface area contributed by atoms with Crippen molar-refractivity contribution in [3.63, 3.8) is 0 Å². The van der Waals surface area contributed by atoms with Crippen molar-refractivity contribution in [1.29, 1.82) is 0 Å². The quantitative estimate of drug-likeness (QED) is 0.823. The number of rotatable bonds is 3. The molecule has 0 radical (unpaired) electrons. The summed E-state index contributed by atoms with van der Waals surface area (Å²) in [7, 11) is 0. The number of hydrogen-bond acceptors (Lipinski definition) is 7. The van der Waals surface area contributed by atoms with Crippen molar-refractivity contribution in [2.75, 3.05) is 32.0 Å². The summed E-state index contributed by atoms with van der Waals surface area (Å²) in [6, 6.07) is 2.52. The van der Waals surface area contributed by atoms with Crippen LogP contribution >= 0.6 is 11.6 Å². The number of ether oxygens (including phenoxy) is 2. The number of hydrogen-bond donors (Lipinski definition) is 1. The Morgan fingerprint density at radius 1 is 1.04 bits per heavy atom. The van der Waals surface area contributed by atoms with E-state index in [1.165, 1.54) is 12.8 Å². The first-order valence-corrected chi connectivity index (χ1v) is 9.54. The van der Waals surface area contributed by atoms with Gasteiger partial charge < -0.3 is 24.5 Å². The van der Waals surface area contributed by atoms with E-state index in [9.17, 15) is 0 Å². The Morgan fingerprint density at radius 2 is 1.77 bits per heavy atom. The predicted molar refractivity (Wildman–Crippen MR) is 96.7 cm³/mol. The van der Waals surface area contributed by atoms with Crippen LogP contribution in [0.5, 0.6) is 11.5 Å². The highest BCUT2D eigenvalue weighted by Gasteiger charge is 2.34. The Bertz CT molecular complexity index is 828. The molecule has 3 aliphatic rings. The van der Waals surface area contributed by atoms with E-state index in [2.05, 4.69) is 15.1 Å². The smallest absolute Gasteiger partial charge is 0.251 e. The van der Waals surface area contributed by atoms with Gasteiger partial charge in [0, 0.05) is 12.0 Å². The lowest BCUT2D eigenvalue weighted by molar-refractivity contribution is 0.173. The van der Waals surface area contributed by atoms with Crippen molar-refractivity contribution < 1.29 is 13.9 Å². The fourth-order valence-corrected chi connectivity index (χ4v) is 4.01. The van der Waals surface area contributed by atoms with Crippen molar-refractivity contribution in [3.05, 3.63) is 17.0 Å². The maximum Gasteiger partial charge on any atom is 0.251 e. The topological polar surface area (TPSA) is 86.6 Å². The minimum Gasteiger partial charge on any atom is -0.485 e. The summed E-state index contributed by atoms with van der Waals surface area (Å²) in [5.74, 6) is 2.37. The van der Waals surface area contributed by atoms with Crippen LogP contribution in [-0.4, -0.2) is 47.4 Å². The summed E-state index contributed by atoms with van der Waals surface area (Å²) in [5.41, 5.74) is 7.01. The average Bonchev–Trinajstić information content (AvgIpc) is 3.42. The van der Waals surface area contributed by atoms with Gasteiger partial charge in [-0.3, -0.25) is 0 Å². The minimum absolute atomic E-state index is 0.309. The standard InChI is InChI=1S/C18H21ClN4O3/c19-13-9-12(15-16(14(13)20)25-8-7-24-15)18-22-21-17(26-18)10-3-5-23(6-4-10)11-1-2-11/h9-11H,1-8,20H2. The molecule has 1 aromatic carbocycles. The molecule has 2 aromatic rings. The van der Waals surface area contributed by atoms with E-state index >= 15 is 0 Å². The maximum atomic E-state index is 6.25. The molecule has 2 aliphatic heterocycles. The van der Waals surface area contributed by atoms with Crippen LogP contribution in [0.25, 0.3) is 11.5 Å². The third kappa shape index (κ3) is 2.79. The summed E-state index contributed by atoms with van der Waals surface area (Å²) in [6.45, 7) is 3.09. The molecule has 1 aliphatic carbocycles. The first-order valence-electron chi connectivity index (χ1n) is 9.16. The number of likely N-dealkylation sites (tertiary alicyclic amines) is 1. The number of halogens is 1. The third-order valence-electron chi connectivity index (χ3n) is 5.41. The molecule has 0 unspecified atom stereocenters. The van der Waals surface area contributed by atoms with Crippen LogP contribution < -0.4 is 15.2 Å². The number of nitrogens with zero attached hydrogens (tertiary/aromatic N) is 3. The van der Waals surface area contributed by atoms with E-state index in [-0.39, 0.29) is 0 Å². The van der Waals surface area contributed by atoms with Gasteiger partial charge in [-0.15, -0.1) is 10.2 Å². The van der Waals surface area contributed by atoms with E-state index in [0.29, 0.717) is 58.7 Å². The summed E-state index contributed by atoms with van der Waals surface area (Å²) in [4.78, 5) is 2.58. The van der Waals surface area contributed by atoms with Crippen LogP contribution in [0, 0.1) is 0 Å². The zero-order chi connectivity index (χ0) is 17.7. The number of piperidine rings is 1. The second-order valence-electron chi connectivity index (χ2n) is 7.16. The summed E-state index contributed by atoms with van der Waals surface area (Å²) in [5, 5.41) is 8.93. The molecule has 0 bridgehead atoms. The Hall–Kier alpha value is -1.99. The van der Waals surface area contributed by atoms with Crippen LogP contribution in [0.2, 0.25) is 5.02 Å². The Morgan fingerprint density at radius 3 is 2.50 bits per heavy atom. The van der Waals surface area contributed by atoms with E-state index in [1.54, 1.807) is 6.07 Å². The summed E-state index contributed by atoms with van der Waals surface area (Å²) >= 11 is 6.25. The van der Waals surface area contributed by atoms with Crippen molar-refractivity contribution in [1.82, 2.24) is 15.1 Å². The van der Waals surface area contributed by atoms with Gasteiger partial charge >= 0.3 is 0 Å². The van der Waals surface area contributed by atoms with Crippen molar-refractivity contribution >= 4 is 17.3 Å². The fourth-order valence-electron chi connectivity index (χ4n) is 3.82. The lowest BCUT2D eigenvalue weighted by Crippen LogP contribution is -2.34. The van der Waals surface area contributed by atoms with E-state index in [0.717, 1.165) is 32.0 Å². The fraction of sp³-hybridized carbons (Fsp3) is 0.556. The van der Waals surface area contributed by atoms with Crippen LogP contribution in [0.3, 0.4) is 0 Å². The number of nitrogen functional groups attached to an aromatic ring is 1. The molecule has 0 spiro atoms. The van der Waals surface area contributed by atoms with E-state index < -0.39 is 0 Å². The van der Waals surface area contributed by atoms with E-state index in [4.69, 9.17) is 31.2 Å². The number of aromatic nitrogens is 2. The summed E-state index contributed by atoms with van der Waals surface area (Å²) < 4.78 is 17.4. The summed E-state index contributed by atoms with van der Waals surface area (Å²) in [6.07, 6.45) is 4.80. The van der Waals surface area contributed by atoms with Gasteiger partial charge in [-0.1, -0.05) is 11.6 Å². The van der Waals surface area contributed by atoms with Crippen molar-refractivity contribution in [2.24, 2.45) is 0 Å². The molecule has 0 atom stereocenters. The molecule has 5 rings (SSSR count). The van der Waals surface area contributed by atoms with Crippen LogP contribution in [0.1, 0.15) is 37.5 Å². The van der Waals surface area contributed by atoms with Crippen molar-refractivity contribution in [3.8, 4) is 23.0 Å². The van der Waals surface area contributed by atoms with Gasteiger partial charge in [0.25, 0.3) is 5.89 Å². The largest absolute Gasteiger partial charge is 0.485 e. The van der Waals surface area contributed by atoms with Crippen LogP contribution in [-0.2, 0) is 0 Å². The third-order valence-corrected chi connectivity index (χ3v) is 5.73. The minimum atomic E-state index is 0.309. The number of anilines is 1. The maximum absolute atomic E-state index is 6.25. The molecule has 138 valence electrons. The highest BCUT2D eigenvalue weighted by Crippen LogP contribution is 2.47. The van der Waals surface area contributed by atoms with Crippen molar-refractivity contribution in [2.45, 2.75) is 37.6 Å². The second-order valence-corrected chi connectivity index (χ2v) is 7.57. The Labute approximate surface area is 156 Å². The number of benzene rings is 1. The average molecular weight is 377 g/mol. The molecule has 8 heteroatoms. The van der Waals surface area contributed by atoms with Crippen LogP contribution in [0.15, 0.2) is 10.5 Å². The molecule has 1 saturated carbocycles. The predicted octanol–water partition coefficient (Wildman–Crippen LogP) is 3.09.